The lowest BCUT2D eigenvalue weighted by Crippen LogP contribution is -2.08. The molecule has 1 aromatic carbocycles. The van der Waals surface area contributed by atoms with E-state index in [9.17, 15) is 10.1 Å². The summed E-state index contributed by atoms with van der Waals surface area (Å²) < 4.78 is 5.36. The Kier molecular flexibility index (Phi) is 6.67. The largest absolute Gasteiger partial charge is 0.382 e. The van der Waals surface area contributed by atoms with Crippen LogP contribution in [0.4, 0.5) is 17.1 Å². The van der Waals surface area contributed by atoms with Crippen LogP contribution >= 0.6 is 0 Å². The van der Waals surface area contributed by atoms with E-state index < -0.39 is 0 Å². The Morgan fingerprint density at radius 2 is 2.05 bits per heavy atom. The van der Waals surface area contributed by atoms with Crippen LogP contribution in [0.25, 0.3) is 0 Å². The molecule has 6 nitrogen and oxygen atoms in total. The Labute approximate surface area is 113 Å². The number of nitrogens with one attached hydrogen (secondary N) is 2. The quantitative estimate of drug-likeness (QED) is 0.409. The fraction of sp³-hybridized carbons (Fsp3) is 0.538. The molecule has 1 rings (SSSR count). The van der Waals surface area contributed by atoms with Crippen molar-refractivity contribution in [2.75, 3.05) is 37.4 Å². The summed E-state index contributed by atoms with van der Waals surface area (Å²) >= 11 is 0. The molecule has 19 heavy (non-hydrogen) atoms. The van der Waals surface area contributed by atoms with E-state index in [1.807, 2.05) is 0 Å². The first-order valence-corrected chi connectivity index (χ1v) is 6.47. The topological polar surface area (TPSA) is 76.4 Å². The zero-order valence-corrected chi connectivity index (χ0v) is 11.4. The third-order valence-corrected chi connectivity index (χ3v) is 2.62. The first-order valence-electron chi connectivity index (χ1n) is 6.47. The van der Waals surface area contributed by atoms with E-state index in [0.29, 0.717) is 24.5 Å². The van der Waals surface area contributed by atoms with Gasteiger partial charge in [0.05, 0.1) is 4.92 Å². The van der Waals surface area contributed by atoms with Gasteiger partial charge in [0.2, 0.25) is 0 Å². The van der Waals surface area contributed by atoms with Crippen LogP contribution in [-0.4, -0.2) is 31.7 Å². The highest BCUT2D eigenvalue weighted by Crippen LogP contribution is 2.32. The molecule has 0 fully saturated rings. The maximum Gasteiger partial charge on any atom is 0.315 e. The smallest absolute Gasteiger partial charge is 0.315 e. The van der Waals surface area contributed by atoms with Crippen molar-refractivity contribution in [1.82, 2.24) is 0 Å². The van der Waals surface area contributed by atoms with Gasteiger partial charge in [-0.15, -0.1) is 0 Å². The van der Waals surface area contributed by atoms with Crippen molar-refractivity contribution in [3.8, 4) is 0 Å². The number of benzene rings is 1. The Balaban J connectivity index is 2.55. The van der Waals surface area contributed by atoms with E-state index in [1.54, 1.807) is 25.2 Å². The summed E-state index contributed by atoms with van der Waals surface area (Å²) in [6.45, 7) is 4.14. The minimum absolute atomic E-state index is 0.0828. The molecule has 0 spiro atoms. The Hall–Kier alpha value is -1.82. The number of nitro benzene ring substituents is 1. The molecule has 0 aliphatic rings. The number of nitro groups is 1. The van der Waals surface area contributed by atoms with Gasteiger partial charge in [0.25, 0.3) is 0 Å². The molecular formula is C13H21N3O3. The summed E-state index contributed by atoms with van der Waals surface area (Å²) in [7, 11) is 1.67. The average Bonchev–Trinajstić information content (AvgIpc) is 2.42. The predicted octanol–water partition coefficient (Wildman–Crippen LogP) is 2.87. The molecule has 0 radical (unpaired) electrons. The molecule has 106 valence electrons. The summed E-state index contributed by atoms with van der Waals surface area (Å²) in [6, 6.07) is 5.19. The Morgan fingerprint density at radius 3 is 2.68 bits per heavy atom. The molecule has 0 saturated heterocycles. The van der Waals surface area contributed by atoms with Crippen LogP contribution in [0.3, 0.4) is 0 Å². The van der Waals surface area contributed by atoms with Gasteiger partial charge in [-0.2, -0.15) is 0 Å². The maximum absolute atomic E-state index is 11.1. The Bertz CT molecular complexity index is 410. The molecule has 0 amide bonds. The molecule has 0 atom stereocenters. The standard InChI is InChI=1S/C13H21N3O3/c1-3-9-19-10-5-8-15-12-7-4-6-11(14-2)13(12)16(17)18/h4,6-7,14-15H,3,5,8-10H2,1-2H3. The van der Waals surface area contributed by atoms with Crippen molar-refractivity contribution < 1.29 is 9.66 Å². The molecule has 0 aromatic heterocycles. The van der Waals surface area contributed by atoms with Gasteiger partial charge >= 0.3 is 5.69 Å². The third kappa shape index (κ3) is 4.75. The van der Waals surface area contributed by atoms with E-state index in [1.165, 1.54) is 0 Å². The number of hydrogen-bond donors (Lipinski definition) is 2. The molecule has 0 aliphatic carbocycles. The van der Waals surface area contributed by atoms with Crippen molar-refractivity contribution >= 4 is 17.1 Å². The second-order valence-electron chi connectivity index (χ2n) is 4.10. The molecule has 0 heterocycles. The number of anilines is 2. The van der Waals surface area contributed by atoms with E-state index in [4.69, 9.17) is 4.74 Å². The minimum Gasteiger partial charge on any atom is -0.382 e. The summed E-state index contributed by atoms with van der Waals surface area (Å²) in [5.41, 5.74) is 1.13. The third-order valence-electron chi connectivity index (χ3n) is 2.62. The molecule has 6 heteroatoms. The number of rotatable bonds is 9. The minimum atomic E-state index is -0.373. The van der Waals surface area contributed by atoms with Crippen LogP contribution in [0.2, 0.25) is 0 Å². The van der Waals surface area contributed by atoms with E-state index in [-0.39, 0.29) is 10.6 Å². The van der Waals surface area contributed by atoms with Crippen LogP contribution in [0.15, 0.2) is 18.2 Å². The van der Waals surface area contributed by atoms with Gasteiger partial charge in [-0.05, 0) is 25.0 Å². The first kappa shape index (κ1) is 15.2. The van der Waals surface area contributed by atoms with Crippen LogP contribution in [0.1, 0.15) is 19.8 Å². The molecule has 2 N–H and O–H groups in total. The lowest BCUT2D eigenvalue weighted by Gasteiger charge is -2.10. The van der Waals surface area contributed by atoms with Gasteiger partial charge in [-0.1, -0.05) is 13.0 Å². The van der Waals surface area contributed by atoms with E-state index in [2.05, 4.69) is 17.6 Å². The number of nitrogens with zero attached hydrogens (tertiary/aromatic N) is 1. The van der Waals surface area contributed by atoms with Crippen molar-refractivity contribution in [2.45, 2.75) is 19.8 Å². The summed E-state index contributed by atoms with van der Waals surface area (Å²) in [6.07, 6.45) is 1.82. The summed E-state index contributed by atoms with van der Waals surface area (Å²) in [5, 5.41) is 17.0. The molecule has 0 saturated carbocycles. The van der Waals surface area contributed by atoms with Crippen molar-refractivity contribution in [1.29, 1.82) is 0 Å². The first-order chi connectivity index (χ1) is 9.20. The second-order valence-corrected chi connectivity index (χ2v) is 4.10. The number of hydrogen-bond acceptors (Lipinski definition) is 5. The number of ether oxygens (including phenoxy) is 1. The normalized spacial score (nSPS) is 10.2. The van der Waals surface area contributed by atoms with Gasteiger partial charge in [0, 0.05) is 26.8 Å². The highest BCUT2D eigenvalue weighted by Gasteiger charge is 2.18. The number of para-hydroxylation sites is 1. The zero-order valence-electron chi connectivity index (χ0n) is 11.4. The maximum atomic E-state index is 11.1. The van der Waals surface area contributed by atoms with Crippen LogP contribution in [-0.2, 0) is 4.74 Å². The van der Waals surface area contributed by atoms with E-state index in [0.717, 1.165) is 19.4 Å². The second kappa shape index (κ2) is 8.31. The molecule has 1 aromatic rings. The SMILES string of the molecule is CCCOCCCNc1cccc(NC)c1[N+](=O)[O-]. The lowest BCUT2D eigenvalue weighted by molar-refractivity contribution is -0.383. The van der Waals surface area contributed by atoms with Gasteiger partial charge in [-0.3, -0.25) is 10.1 Å². The van der Waals surface area contributed by atoms with Gasteiger partial charge in [0.1, 0.15) is 11.4 Å². The van der Waals surface area contributed by atoms with Crippen molar-refractivity contribution in [2.24, 2.45) is 0 Å². The average molecular weight is 267 g/mol. The fourth-order valence-corrected chi connectivity index (χ4v) is 1.73. The molecular weight excluding hydrogens is 246 g/mol. The summed E-state index contributed by atoms with van der Waals surface area (Å²) in [4.78, 5) is 10.7. The molecule has 0 aliphatic heterocycles. The highest BCUT2D eigenvalue weighted by atomic mass is 16.6. The highest BCUT2D eigenvalue weighted by molar-refractivity contribution is 5.75. The van der Waals surface area contributed by atoms with Crippen molar-refractivity contribution in [3.05, 3.63) is 28.3 Å². The van der Waals surface area contributed by atoms with Gasteiger partial charge in [-0.25, -0.2) is 0 Å². The zero-order chi connectivity index (χ0) is 14.1. The molecule has 0 unspecified atom stereocenters. The molecule has 0 bridgehead atoms. The fourth-order valence-electron chi connectivity index (χ4n) is 1.73. The van der Waals surface area contributed by atoms with Gasteiger partial charge in [0.15, 0.2) is 0 Å². The Morgan fingerprint density at radius 1 is 1.32 bits per heavy atom. The monoisotopic (exact) mass is 267 g/mol. The summed E-state index contributed by atoms with van der Waals surface area (Å²) in [5.74, 6) is 0. The lowest BCUT2D eigenvalue weighted by atomic mass is 10.2. The van der Waals surface area contributed by atoms with Crippen LogP contribution in [0.5, 0.6) is 0 Å². The van der Waals surface area contributed by atoms with Crippen molar-refractivity contribution in [3.63, 3.8) is 0 Å². The van der Waals surface area contributed by atoms with Crippen LogP contribution < -0.4 is 10.6 Å². The van der Waals surface area contributed by atoms with Gasteiger partial charge < -0.3 is 15.4 Å². The van der Waals surface area contributed by atoms with E-state index >= 15 is 0 Å². The predicted molar refractivity (Wildman–Crippen MR) is 76.9 cm³/mol. The van der Waals surface area contributed by atoms with Crippen LogP contribution in [0, 0.1) is 10.1 Å².